The number of methoxy groups -OCH3 is 1. The number of aliphatic hydroxyl groups is 2. The SMILES string of the molecule is CNC(=O)[C@H]1O[C@@H](n2cnc3c(NCC(C)(F)F)nc(-n4cc(CCOC)nn4)nc32)[C@H](O)[C@@H]1O. The molecule has 4 N–H and O–H groups in total. The zero-order valence-electron chi connectivity index (χ0n) is 19.1. The van der Waals surface area contributed by atoms with Gasteiger partial charge in [-0.3, -0.25) is 9.36 Å². The number of alkyl halides is 2. The van der Waals surface area contributed by atoms with E-state index in [1.807, 2.05) is 0 Å². The van der Waals surface area contributed by atoms with Crippen LogP contribution in [0.1, 0.15) is 18.8 Å². The van der Waals surface area contributed by atoms with Gasteiger partial charge in [0.25, 0.3) is 17.8 Å². The van der Waals surface area contributed by atoms with Crippen LogP contribution >= 0.6 is 0 Å². The van der Waals surface area contributed by atoms with E-state index < -0.39 is 42.9 Å². The summed E-state index contributed by atoms with van der Waals surface area (Å²) in [7, 11) is 2.92. The Morgan fingerprint density at radius 3 is 2.77 bits per heavy atom. The number of fused-ring (bicyclic) bond motifs is 1. The maximum Gasteiger partial charge on any atom is 0.262 e. The molecule has 0 bridgehead atoms. The largest absolute Gasteiger partial charge is 0.387 e. The van der Waals surface area contributed by atoms with E-state index in [9.17, 15) is 23.8 Å². The zero-order valence-corrected chi connectivity index (χ0v) is 19.1. The van der Waals surface area contributed by atoms with Gasteiger partial charge in [-0.15, -0.1) is 5.10 Å². The van der Waals surface area contributed by atoms with E-state index >= 15 is 0 Å². The molecular weight excluding hydrogens is 472 g/mol. The number of hydrogen-bond acceptors (Lipinski definition) is 11. The molecule has 3 aromatic rings. The molecule has 1 aliphatic heterocycles. The van der Waals surface area contributed by atoms with Crippen molar-refractivity contribution in [3.63, 3.8) is 0 Å². The molecule has 4 rings (SSSR count). The number of carbonyl (C=O) groups is 1. The van der Waals surface area contributed by atoms with E-state index in [0.717, 1.165) is 6.92 Å². The summed E-state index contributed by atoms with van der Waals surface area (Å²) >= 11 is 0. The molecule has 1 amide bonds. The van der Waals surface area contributed by atoms with E-state index in [-0.39, 0.29) is 22.9 Å². The lowest BCUT2D eigenvalue weighted by Gasteiger charge is -2.17. The molecule has 35 heavy (non-hydrogen) atoms. The van der Waals surface area contributed by atoms with Crippen molar-refractivity contribution in [3.8, 4) is 5.95 Å². The van der Waals surface area contributed by atoms with Gasteiger partial charge in [-0.2, -0.15) is 14.6 Å². The molecular formula is C19H25F2N9O5. The molecule has 1 aliphatic rings. The topological polar surface area (TPSA) is 174 Å². The van der Waals surface area contributed by atoms with Gasteiger partial charge in [0.2, 0.25) is 0 Å². The second-order valence-corrected chi connectivity index (χ2v) is 8.06. The standard InChI is InChI=1S/C19H25F2N9O5/c1-19(20,21)7-23-14-10-15(26-18(25-14)30-6-9(27-28-30)4-5-34-3)29(8-24-10)17-12(32)11(31)13(35-17)16(33)22-2/h6,8,11-13,17,31-32H,4-5,7H2,1-3H3,(H,22,33)(H,23,25,26)/t11-,12+,13-,17+/m0/s1. The highest BCUT2D eigenvalue weighted by Crippen LogP contribution is 2.33. The minimum Gasteiger partial charge on any atom is -0.387 e. The lowest BCUT2D eigenvalue weighted by atomic mass is 10.1. The van der Waals surface area contributed by atoms with Gasteiger partial charge >= 0.3 is 0 Å². The number of imidazole rings is 1. The van der Waals surface area contributed by atoms with Crippen molar-refractivity contribution >= 4 is 22.9 Å². The van der Waals surface area contributed by atoms with E-state index in [2.05, 4.69) is 35.9 Å². The summed E-state index contributed by atoms with van der Waals surface area (Å²) in [6.07, 6.45) is -2.32. The van der Waals surface area contributed by atoms with Crippen molar-refractivity contribution < 1.29 is 33.3 Å². The third kappa shape index (κ3) is 5.04. The number of nitrogens with zero attached hydrogens (tertiary/aromatic N) is 7. The normalized spacial score (nSPS) is 22.6. The molecule has 1 saturated heterocycles. The summed E-state index contributed by atoms with van der Waals surface area (Å²) in [6.45, 7) is 0.428. The number of carbonyl (C=O) groups excluding carboxylic acids is 1. The quantitative estimate of drug-likeness (QED) is 0.286. The number of aromatic nitrogens is 7. The van der Waals surface area contributed by atoms with E-state index in [0.29, 0.717) is 18.7 Å². The summed E-state index contributed by atoms with van der Waals surface area (Å²) in [5.74, 6) is -3.71. The van der Waals surface area contributed by atoms with Crippen LogP contribution < -0.4 is 10.6 Å². The molecule has 16 heteroatoms. The van der Waals surface area contributed by atoms with Crippen LogP contribution in [0, 0.1) is 0 Å². The average Bonchev–Trinajstić information content (AvgIpc) is 3.53. The first-order valence-corrected chi connectivity index (χ1v) is 10.6. The number of amides is 1. The van der Waals surface area contributed by atoms with Gasteiger partial charge in [-0.1, -0.05) is 5.21 Å². The van der Waals surface area contributed by atoms with Crippen LogP contribution in [0.5, 0.6) is 0 Å². The highest BCUT2D eigenvalue weighted by atomic mass is 19.3. The van der Waals surface area contributed by atoms with Crippen molar-refractivity contribution in [2.75, 3.05) is 32.6 Å². The lowest BCUT2D eigenvalue weighted by Crippen LogP contribution is -2.41. The molecule has 4 heterocycles. The number of ether oxygens (including phenoxy) is 2. The Kier molecular flexibility index (Phi) is 6.88. The van der Waals surface area contributed by atoms with E-state index in [1.165, 1.54) is 22.6 Å². The van der Waals surface area contributed by atoms with Gasteiger partial charge < -0.3 is 30.3 Å². The maximum atomic E-state index is 13.6. The van der Waals surface area contributed by atoms with Crippen molar-refractivity contribution in [1.29, 1.82) is 0 Å². The molecule has 4 atom stereocenters. The zero-order chi connectivity index (χ0) is 25.3. The summed E-state index contributed by atoms with van der Waals surface area (Å²) in [6, 6.07) is 0. The van der Waals surface area contributed by atoms with Gasteiger partial charge in [0.05, 0.1) is 31.4 Å². The Hall–Kier alpha value is -3.34. The minimum absolute atomic E-state index is 0.0184. The number of likely N-dealkylation sites (N-methyl/N-ethyl adjacent to an activating group) is 1. The van der Waals surface area contributed by atoms with Crippen molar-refractivity contribution in [2.45, 2.75) is 43.8 Å². The smallest absolute Gasteiger partial charge is 0.262 e. The van der Waals surface area contributed by atoms with Crippen molar-refractivity contribution in [1.82, 2.24) is 39.8 Å². The van der Waals surface area contributed by atoms with Crippen LogP contribution in [0.3, 0.4) is 0 Å². The minimum atomic E-state index is -3.05. The Balaban J connectivity index is 1.77. The van der Waals surface area contributed by atoms with E-state index in [4.69, 9.17) is 9.47 Å². The fourth-order valence-corrected chi connectivity index (χ4v) is 3.52. The van der Waals surface area contributed by atoms with Crippen molar-refractivity contribution in [2.24, 2.45) is 0 Å². The lowest BCUT2D eigenvalue weighted by molar-refractivity contribution is -0.137. The highest BCUT2D eigenvalue weighted by molar-refractivity contribution is 5.84. The Bertz CT molecular complexity index is 1200. The maximum absolute atomic E-state index is 13.6. The summed E-state index contributed by atoms with van der Waals surface area (Å²) < 4.78 is 40.3. The average molecular weight is 497 g/mol. The molecule has 3 aromatic heterocycles. The molecule has 190 valence electrons. The molecule has 14 nitrogen and oxygen atoms in total. The van der Waals surface area contributed by atoms with E-state index in [1.54, 1.807) is 13.3 Å². The second-order valence-electron chi connectivity index (χ2n) is 8.06. The third-order valence-electron chi connectivity index (χ3n) is 5.30. The Morgan fingerprint density at radius 1 is 1.31 bits per heavy atom. The second kappa shape index (κ2) is 9.73. The first-order chi connectivity index (χ1) is 16.6. The summed E-state index contributed by atoms with van der Waals surface area (Å²) in [5, 5.41) is 33.8. The predicted octanol–water partition coefficient (Wildman–Crippen LogP) is -0.972. The fourth-order valence-electron chi connectivity index (χ4n) is 3.52. The van der Waals surface area contributed by atoms with Gasteiger partial charge in [0, 0.05) is 27.5 Å². The Labute approximate surface area is 197 Å². The highest BCUT2D eigenvalue weighted by Gasteiger charge is 2.47. The molecule has 0 spiro atoms. The molecule has 0 radical (unpaired) electrons. The number of anilines is 1. The van der Waals surface area contributed by atoms with Gasteiger partial charge in [-0.05, 0) is 0 Å². The molecule has 0 aromatic carbocycles. The molecule has 0 saturated carbocycles. The fraction of sp³-hybridized carbons (Fsp3) is 0.579. The van der Waals surface area contributed by atoms with Gasteiger partial charge in [0.15, 0.2) is 29.3 Å². The number of rotatable bonds is 9. The van der Waals surface area contributed by atoms with Crippen LogP contribution in [-0.2, 0) is 20.7 Å². The van der Waals surface area contributed by atoms with Crippen LogP contribution in [0.25, 0.3) is 17.1 Å². The van der Waals surface area contributed by atoms with Crippen LogP contribution in [-0.4, -0.2) is 102 Å². The third-order valence-corrected chi connectivity index (χ3v) is 5.30. The van der Waals surface area contributed by atoms with Crippen molar-refractivity contribution in [3.05, 3.63) is 18.2 Å². The van der Waals surface area contributed by atoms with Crippen LogP contribution in [0.2, 0.25) is 0 Å². The monoisotopic (exact) mass is 497 g/mol. The Morgan fingerprint density at radius 2 is 2.09 bits per heavy atom. The van der Waals surface area contributed by atoms with Gasteiger partial charge in [-0.25, -0.2) is 13.8 Å². The number of aliphatic hydroxyl groups excluding tert-OH is 2. The molecule has 0 unspecified atom stereocenters. The first-order valence-electron chi connectivity index (χ1n) is 10.6. The van der Waals surface area contributed by atoms with Gasteiger partial charge in [0.1, 0.15) is 12.2 Å². The van der Waals surface area contributed by atoms with Crippen LogP contribution in [0.4, 0.5) is 14.6 Å². The summed E-state index contributed by atoms with van der Waals surface area (Å²) in [4.78, 5) is 24.9. The predicted molar refractivity (Wildman–Crippen MR) is 115 cm³/mol. The summed E-state index contributed by atoms with van der Waals surface area (Å²) in [5.41, 5.74) is 0.774. The number of nitrogens with one attached hydrogen (secondary N) is 2. The molecule has 1 fully saturated rings. The molecule has 0 aliphatic carbocycles. The first kappa shape index (κ1) is 24.8. The number of halogens is 2. The number of hydrogen-bond donors (Lipinski definition) is 4. The van der Waals surface area contributed by atoms with Crippen LogP contribution in [0.15, 0.2) is 12.5 Å².